The second kappa shape index (κ2) is 6.52. The molecule has 1 aliphatic rings. The third-order valence-electron chi connectivity index (χ3n) is 2.53. The summed E-state index contributed by atoms with van der Waals surface area (Å²) in [7, 11) is 0. The molecule has 0 aliphatic carbocycles. The Balaban J connectivity index is 1.73. The predicted molar refractivity (Wildman–Crippen MR) is 71.7 cm³/mol. The van der Waals surface area contributed by atoms with Crippen molar-refractivity contribution in [2.45, 2.75) is 11.8 Å². The van der Waals surface area contributed by atoms with E-state index in [1.165, 1.54) is 23.3 Å². The Morgan fingerprint density at radius 3 is 2.94 bits per heavy atom. The van der Waals surface area contributed by atoms with Crippen LogP contribution in [0.15, 0.2) is 24.3 Å². The summed E-state index contributed by atoms with van der Waals surface area (Å²) in [6, 6.07) is 6.96. The maximum absolute atomic E-state index is 13.3. The molecule has 0 radical (unpaired) electrons. The van der Waals surface area contributed by atoms with Crippen molar-refractivity contribution in [1.82, 2.24) is 5.32 Å². The lowest BCUT2D eigenvalue weighted by molar-refractivity contribution is 0.588. The molecule has 1 aromatic carbocycles. The van der Waals surface area contributed by atoms with Crippen LogP contribution in [0.2, 0.25) is 0 Å². The first kappa shape index (κ1) is 12.3. The number of rotatable bonds is 4. The monoisotopic (exact) mass is 257 g/mol. The van der Waals surface area contributed by atoms with Crippen molar-refractivity contribution in [2.24, 2.45) is 0 Å². The largest absolute Gasteiger partial charge is 0.311 e. The second-order valence-corrected chi connectivity index (χ2v) is 6.35. The summed E-state index contributed by atoms with van der Waals surface area (Å²) in [6.45, 7) is 1.61. The minimum absolute atomic E-state index is 0.110. The highest BCUT2D eigenvalue weighted by molar-refractivity contribution is 8.06. The van der Waals surface area contributed by atoms with Gasteiger partial charge in [-0.3, -0.25) is 0 Å². The first-order valence-corrected chi connectivity index (χ1v) is 7.70. The van der Waals surface area contributed by atoms with Crippen LogP contribution in [-0.4, -0.2) is 29.1 Å². The average Bonchev–Trinajstić information content (AvgIpc) is 2.33. The second-order valence-electron chi connectivity index (χ2n) is 3.79. The van der Waals surface area contributed by atoms with Crippen LogP contribution in [0, 0.1) is 5.82 Å². The lowest BCUT2D eigenvalue weighted by Gasteiger charge is -2.21. The summed E-state index contributed by atoms with van der Waals surface area (Å²) in [5, 5.41) is 4.02. The zero-order chi connectivity index (χ0) is 11.2. The van der Waals surface area contributed by atoms with E-state index >= 15 is 0 Å². The van der Waals surface area contributed by atoms with Crippen LogP contribution >= 0.6 is 23.5 Å². The molecule has 0 spiro atoms. The van der Waals surface area contributed by atoms with Gasteiger partial charge in [0.1, 0.15) is 5.82 Å². The van der Waals surface area contributed by atoms with Gasteiger partial charge in [0.15, 0.2) is 0 Å². The fourth-order valence-electron chi connectivity index (χ4n) is 1.66. The van der Waals surface area contributed by atoms with E-state index in [0.717, 1.165) is 12.1 Å². The third-order valence-corrected chi connectivity index (χ3v) is 5.38. The first-order valence-electron chi connectivity index (χ1n) is 5.50. The van der Waals surface area contributed by atoms with Crippen LogP contribution in [0.5, 0.6) is 0 Å². The van der Waals surface area contributed by atoms with E-state index in [9.17, 15) is 4.39 Å². The summed E-state index contributed by atoms with van der Waals surface area (Å²) >= 11 is 4.04. The number of nitrogens with one attached hydrogen (secondary N) is 1. The van der Waals surface area contributed by atoms with E-state index in [4.69, 9.17) is 0 Å². The Morgan fingerprint density at radius 1 is 1.31 bits per heavy atom. The van der Waals surface area contributed by atoms with Gasteiger partial charge in [0.2, 0.25) is 0 Å². The molecule has 1 atom stereocenters. The van der Waals surface area contributed by atoms with Crippen LogP contribution in [0.1, 0.15) is 5.56 Å². The molecule has 0 saturated carbocycles. The molecule has 4 heteroatoms. The Kier molecular flexibility index (Phi) is 5.00. The number of halogens is 1. The van der Waals surface area contributed by atoms with Gasteiger partial charge in [-0.05, 0) is 6.07 Å². The molecule has 1 heterocycles. The van der Waals surface area contributed by atoms with Gasteiger partial charge in [-0.15, -0.1) is 0 Å². The molecule has 1 nitrogen and oxygen atoms in total. The number of benzene rings is 1. The Bertz CT molecular complexity index is 327. The smallest absolute Gasteiger partial charge is 0.127 e. The maximum Gasteiger partial charge on any atom is 0.127 e. The van der Waals surface area contributed by atoms with E-state index in [1.807, 2.05) is 35.7 Å². The lowest BCUT2D eigenvalue weighted by Crippen LogP contribution is -2.28. The summed E-state index contributed by atoms with van der Waals surface area (Å²) in [4.78, 5) is 0. The molecular formula is C12H16FNS2. The van der Waals surface area contributed by atoms with E-state index in [0.29, 0.717) is 11.8 Å². The van der Waals surface area contributed by atoms with Gasteiger partial charge in [-0.25, -0.2) is 4.39 Å². The first-order chi connectivity index (χ1) is 7.86. The van der Waals surface area contributed by atoms with Crippen molar-refractivity contribution in [1.29, 1.82) is 0 Å². The fraction of sp³-hybridized carbons (Fsp3) is 0.500. The van der Waals surface area contributed by atoms with Crippen molar-refractivity contribution in [3.8, 4) is 0 Å². The molecule has 1 unspecified atom stereocenters. The number of hydrogen-bond acceptors (Lipinski definition) is 3. The van der Waals surface area contributed by atoms with Crippen LogP contribution in [-0.2, 0) is 6.54 Å². The zero-order valence-electron chi connectivity index (χ0n) is 9.12. The zero-order valence-corrected chi connectivity index (χ0v) is 10.7. The van der Waals surface area contributed by atoms with E-state index in [-0.39, 0.29) is 5.82 Å². The lowest BCUT2D eigenvalue weighted by atomic mass is 10.2. The average molecular weight is 257 g/mol. The van der Waals surface area contributed by atoms with Gasteiger partial charge >= 0.3 is 0 Å². The summed E-state index contributed by atoms with van der Waals surface area (Å²) in [5.74, 6) is 3.63. The minimum Gasteiger partial charge on any atom is -0.311 e. The number of hydrogen-bond donors (Lipinski definition) is 1. The molecule has 2 rings (SSSR count). The van der Waals surface area contributed by atoms with Crippen LogP contribution in [0.25, 0.3) is 0 Å². The molecule has 1 saturated heterocycles. The maximum atomic E-state index is 13.3. The summed E-state index contributed by atoms with van der Waals surface area (Å²) < 4.78 is 13.3. The van der Waals surface area contributed by atoms with E-state index in [1.54, 1.807) is 6.07 Å². The highest BCUT2D eigenvalue weighted by Crippen LogP contribution is 2.23. The SMILES string of the molecule is Fc1ccccc1CNCC1CSCCS1. The summed E-state index contributed by atoms with van der Waals surface area (Å²) in [6.07, 6.45) is 0. The van der Waals surface area contributed by atoms with Crippen molar-refractivity contribution in [2.75, 3.05) is 23.8 Å². The van der Waals surface area contributed by atoms with Gasteiger partial charge in [0.05, 0.1) is 0 Å². The molecule has 0 bridgehead atoms. The molecule has 1 fully saturated rings. The van der Waals surface area contributed by atoms with Crippen molar-refractivity contribution in [3.05, 3.63) is 35.6 Å². The van der Waals surface area contributed by atoms with Gasteiger partial charge in [-0.1, -0.05) is 18.2 Å². The molecule has 0 amide bonds. The quantitative estimate of drug-likeness (QED) is 0.891. The summed E-state index contributed by atoms with van der Waals surface area (Å²) in [5.41, 5.74) is 0.760. The Labute approximate surface area is 105 Å². The van der Waals surface area contributed by atoms with E-state index in [2.05, 4.69) is 5.32 Å². The molecule has 1 aromatic rings. The number of thioether (sulfide) groups is 2. The van der Waals surface area contributed by atoms with Gasteiger partial charge in [0.25, 0.3) is 0 Å². The predicted octanol–water partition coefficient (Wildman–Crippen LogP) is 2.76. The van der Waals surface area contributed by atoms with Crippen molar-refractivity contribution >= 4 is 23.5 Å². The van der Waals surface area contributed by atoms with Crippen LogP contribution in [0.4, 0.5) is 4.39 Å². The molecule has 0 aromatic heterocycles. The minimum atomic E-state index is -0.110. The topological polar surface area (TPSA) is 12.0 Å². The van der Waals surface area contributed by atoms with Gasteiger partial charge in [0, 0.05) is 41.2 Å². The van der Waals surface area contributed by atoms with Crippen molar-refractivity contribution in [3.63, 3.8) is 0 Å². The normalized spacial score (nSPS) is 20.9. The molecular weight excluding hydrogens is 241 g/mol. The van der Waals surface area contributed by atoms with Crippen LogP contribution in [0.3, 0.4) is 0 Å². The standard InChI is InChI=1S/C12H16FNS2/c13-12-4-2-1-3-10(12)7-14-8-11-9-15-5-6-16-11/h1-4,11,14H,5-9H2. The highest BCUT2D eigenvalue weighted by Gasteiger charge is 2.13. The van der Waals surface area contributed by atoms with Crippen LogP contribution < -0.4 is 5.32 Å². The molecule has 1 N–H and O–H groups in total. The third kappa shape index (κ3) is 3.68. The Morgan fingerprint density at radius 2 is 2.19 bits per heavy atom. The molecule has 16 heavy (non-hydrogen) atoms. The highest BCUT2D eigenvalue weighted by atomic mass is 32.2. The molecule has 1 aliphatic heterocycles. The fourth-order valence-corrected chi connectivity index (χ4v) is 4.31. The van der Waals surface area contributed by atoms with Crippen molar-refractivity contribution < 1.29 is 4.39 Å². The van der Waals surface area contributed by atoms with Gasteiger partial charge in [-0.2, -0.15) is 23.5 Å². The van der Waals surface area contributed by atoms with Gasteiger partial charge < -0.3 is 5.32 Å². The van der Waals surface area contributed by atoms with E-state index < -0.39 is 0 Å². The Hall–Kier alpha value is -0.190. The molecule has 88 valence electrons.